The highest BCUT2D eigenvalue weighted by Crippen LogP contribution is 2.19. The molecular weight excluding hydrogens is 244 g/mol. The normalized spacial score (nSPS) is 10.3. The van der Waals surface area contributed by atoms with Crippen LogP contribution in [-0.4, -0.2) is 46.4 Å². The molecule has 19 heavy (non-hydrogen) atoms. The Hall–Kier alpha value is -1.88. The van der Waals surface area contributed by atoms with Gasteiger partial charge in [-0.15, -0.1) is 6.58 Å². The second-order valence-corrected chi connectivity index (χ2v) is 4.44. The number of nitrogens with zero attached hydrogens (tertiary/aromatic N) is 1. The van der Waals surface area contributed by atoms with E-state index in [1.54, 1.807) is 19.9 Å². The molecule has 0 atom stereocenters. The minimum atomic E-state index is -0.234. The second-order valence-electron chi connectivity index (χ2n) is 4.44. The molecule has 104 valence electrons. The Morgan fingerprint density at radius 3 is 2.47 bits per heavy atom. The summed E-state index contributed by atoms with van der Waals surface area (Å²) in [5, 5.41) is 8.98. The molecule has 0 aromatic carbocycles. The maximum Gasteiger partial charge on any atom is 0.270 e. The minimum absolute atomic E-state index is 0.0669. The molecule has 0 fully saturated rings. The fraction of sp³-hybridized carbons (Fsp3) is 0.429. The molecule has 0 aliphatic heterocycles. The Bertz CT molecular complexity index is 503. The summed E-state index contributed by atoms with van der Waals surface area (Å²) in [4.78, 5) is 28.3. The molecule has 1 amide bonds. The van der Waals surface area contributed by atoms with Gasteiger partial charge in [0.15, 0.2) is 5.78 Å². The van der Waals surface area contributed by atoms with Crippen LogP contribution in [-0.2, 0) is 0 Å². The van der Waals surface area contributed by atoms with Crippen molar-refractivity contribution in [2.45, 2.75) is 20.8 Å². The van der Waals surface area contributed by atoms with E-state index in [1.165, 1.54) is 11.8 Å². The van der Waals surface area contributed by atoms with Crippen molar-refractivity contribution in [1.29, 1.82) is 0 Å². The maximum atomic E-state index is 12.4. The van der Waals surface area contributed by atoms with Crippen molar-refractivity contribution < 1.29 is 14.7 Å². The van der Waals surface area contributed by atoms with Crippen molar-refractivity contribution in [3.05, 3.63) is 35.2 Å². The Morgan fingerprint density at radius 1 is 1.42 bits per heavy atom. The lowest BCUT2D eigenvalue weighted by Crippen LogP contribution is -2.34. The topological polar surface area (TPSA) is 73.4 Å². The number of aliphatic hydroxyl groups is 1. The summed E-state index contributed by atoms with van der Waals surface area (Å²) in [6.07, 6.45) is 1.60. The smallest absolute Gasteiger partial charge is 0.270 e. The van der Waals surface area contributed by atoms with E-state index in [0.29, 0.717) is 29.1 Å². The van der Waals surface area contributed by atoms with E-state index in [1.807, 2.05) is 0 Å². The summed E-state index contributed by atoms with van der Waals surface area (Å²) >= 11 is 0. The summed E-state index contributed by atoms with van der Waals surface area (Å²) in [6.45, 7) is 9.06. The largest absolute Gasteiger partial charge is 0.395 e. The zero-order chi connectivity index (χ0) is 14.6. The summed E-state index contributed by atoms with van der Waals surface area (Å²) in [5.41, 5.74) is 2.31. The standard InChI is InChI=1S/C14H20N2O3/c1-5-6-16(7-8-17)14(19)13-9(2)12(11(4)18)10(3)15-13/h5,15,17H,1,6-8H2,2-4H3. The van der Waals surface area contributed by atoms with Gasteiger partial charge in [-0.25, -0.2) is 0 Å². The van der Waals surface area contributed by atoms with E-state index in [4.69, 9.17) is 5.11 Å². The van der Waals surface area contributed by atoms with E-state index in [2.05, 4.69) is 11.6 Å². The number of carbonyl (C=O) groups excluding carboxylic acids is 2. The Kier molecular flexibility index (Phi) is 5.06. The van der Waals surface area contributed by atoms with Gasteiger partial charge in [-0.2, -0.15) is 0 Å². The van der Waals surface area contributed by atoms with Crippen molar-refractivity contribution in [1.82, 2.24) is 9.88 Å². The molecule has 1 heterocycles. The van der Waals surface area contributed by atoms with Crippen LogP contribution in [0.25, 0.3) is 0 Å². The highest BCUT2D eigenvalue weighted by Gasteiger charge is 2.23. The van der Waals surface area contributed by atoms with Gasteiger partial charge in [-0.1, -0.05) is 6.08 Å². The molecule has 0 unspecified atom stereocenters. The molecule has 0 aliphatic rings. The molecule has 5 heteroatoms. The fourth-order valence-electron chi connectivity index (χ4n) is 2.20. The zero-order valence-electron chi connectivity index (χ0n) is 11.6. The number of Topliss-reactive ketones (excluding diaryl/α,β-unsaturated/α-hetero) is 1. The molecule has 0 saturated carbocycles. The molecule has 1 rings (SSSR count). The monoisotopic (exact) mass is 264 g/mol. The molecule has 2 N–H and O–H groups in total. The lowest BCUT2D eigenvalue weighted by atomic mass is 10.1. The van der Waals surface area contributed by atoms with Gasteiger partial charge in [0, 0.05) is 24.3 Å². The van der Waals surface area contributed by atoms with Gasteiger partial charge in [-0.05, 0) is 26.3 Å². The van der Waals surface area contributed by atoms with E-state index < -0.39 is 0 Å². The van der Waals surface area contributed by atoms with Crippen LogP contribution in [0.5, 0.6) is 0 Å². The van der Waals surface area contributed by atoms with Gasteiger partial charge in [0.2, 0.25) is 0 Å². The van der Waals surface area contributed by atoms with Crippen LogP contribution < -0.4 is 0 Å². The third kappa shape index (κ3) is 3.12. The first-order valence-corrected chi connectivity index (χ1v) is 6.15. The molecule has 1 aromatic rings. The first kappa shape index (κ1) is 15.2. The summed E-state index contributed by atoms with van der Waals surface area (Å²) < 4.78 is 0. The predicted octanol–water partition coefficient (Wildman–Crippen LogP) is 1.45. The fourth-order valence-corrected chi connectivity index (χ4v) is 2.20. The van der Waals surface area contributed by atoms with Gasteiger partial charge in [0.25, 0.3) is 5.91 Å². The number of aliphatic hydroxyl groups excluding tert-OH is 1. The Balaban J connectivity index is 3.15. The predicted molar refractivity (Wildman–Crippen MR) is 73.5 cm³/mol. The number of aromatic nitrogens is 1. The molecule has 0 radical (unpaired) electrons. The van der Waals surface area contributed by atoms with Gasteiger partial charge in [0.05, 0.1) is 6.61 Å². The van der Waals surface area contributed by atoms with Crippen LogP contribution in [0.3, 0.4) is 0 Å². The number of H-pyrrole nitrogens is 1. The van der Waals surface area contributed by atoms with E-state index >= 15 is 0 Å². The lowest BCUT2D eigenvalue weighted by molar-refractivity contribution is 0.0737. The summed E-state index contributed by atoms with van der Waals surface area (Å²) in [5.74, 6) is -0.301. The number of amides is 1. The first-order chi connectivity index (χ1) is 8.93. The number of aromatic amines is 1. The van der Waals surface area contributed by atoms with E-state index in [9.17, 15) is 9.59 Å². The quantitative estimate of drug-likeness (QED) is 0.603. The van der Waals surface area contributed by atoms with Crippen molar-refractivity contribution in [3.8, 4) is 0 Å². The third-order valence-electron chi connectivity index (χ3n) is 3.01. The van der Waals surface area contributed by atoms with Crippen LogP contribution in [0.15, 0.2) is 12.7 Å². The number of hydrogen-bond acceptors (Lipinski definition) is 3. The van der Waals surface area contributed by atoms with Gasteiger partial charge >= 0.3 is 0 Å². The molecule has 1 aromatic heterocycles. The molecular formula is C14H20N2O3. The highest BCUT2D eigenvalue weighted by molar-refractivity contribution is 6.02. The molecule has 0 spiro atoms. The van der Waals surface area contributed by atoms with Crippen LogP contribution in [0.4, 0.5) is 0 Å². The number of carbonyl (C=O) groups is 2. The molecule has 0 aliphatic carbocycles. The first-order valence-electron chi connectivity index (χ1n) is 6.15. The third-order valence-corrected chi connectivity index (χ3v) is 3.01. The highest BCUT2D eigenvalue weighted by atomic mass is 16.3. The lowest BCUT2D eigenvalue weighted by Gasteiger charge is -2.19. The number of ketones is 1. The average Bonchev–Trinajstić information content (AvgIpc) is 2.63. The second kappa shape index (κ2) is 6.33. The van der Waals surface area contributed by atoms with Crippen molar-refractivity contribution in [2.75, 3.05) is 19.7 Å². The summed E-state index contributed by atoms with van der Waals surface area (Å²) in [7, 11) is 0. The van der Waals surface area contributed by atoms with E-state index in [0.717, 1.165) is 0 Å². The number of aryl methyl sites for hydroxylation is 1. The Morgan fingerprint density at radius 2 is 2.05 bits per heavy atom. The van der Waals surface area contributed by atoms with Crippen LogP contribution in [0.2, 0.25) is 0 Å². The van der Waals surface area contributed by atoms with Crippen LogP contribution in [0, 0.1) is 13.8 Å². The minimum Gasteiger partial charge on any atom is -0.395 e. The van der Waals surface area contributed by atoms with Crippen molar-refractivity contribution in [3.63, 3.8) is 0 Å². The maximum absolute atomic E-state index is 12.4. The Labute approximate surface area is 112 Å². The van der Waals surface area contributed by atoms with Crippen LogP contribution in [0.1, 0.15) is 39.0 Å². The van der Waals surface area contributed by atoms with Crippen LogP contribution >= 0.6 is 0 Å². The summed E-state index contributed by atoms with van der Waals surface area (Å²) in [6, 6.07) is 0. The molecule has 0 bridgehead atoms. The molecule has 5 nitrogen and oxygen atoms in total. The zero-order valence-corrected chi connectivity index (χ0v) is 11.6. The molecule has 0 saturated heterocycles. The number of rotatable bonds is 6. The number of nitrogens with one attached hydrogen (secondary N) is 1. The van der Waals surface area contributed by atoms with E-state index in [-0.39, 0.29) is 24.8 Å². The van der Waals surface area contributed by atoms with Gasteiger partial charge in [-0.3, -0.25) is 9.59 Å². The van der Waals surface area contributed by atoms with Crippen molar-refractivity contribution in [2.24, 2.45) is 0 Å². The van der Waals surface area contributed by atoms with Gasteiger partial charge in [0.1, 0.15) is 5.69 Å². The SMILES string of the molecule is C=CCN(CCO)C(=O)c1[nH]c(C)c(C(C)=O)c1C. The number of hydrogen-bond donors (Lipinski definition) is 2. The van der Waals surface area contributed by atoms with Crippen molar-refractivity contribution >= 4 is 11.7 Å². The van der Waals surface area contributed by atoms with Gasteiger partial charge < -0.3 is 15.0 Å². The average molecular weight is 264 g/mol.